The van der Waals surface area contributed by atoms with E-state index in [4.69, 9.17) is 10.3 Å². The molecule has 0 amide bonds. The van der Waals surface area contributed by atoms with Crippen molar-refractivity contribution in [2.75, 3.05) is 18.8 Å². The zero-order chi connectivity index (χ0) is 10.1. The Morgan fingerprint density at radius 3 is 2.93 bits per heavy atom. The van der Waals surface area contributed by atoms with Gasteiger partial charge in [-0.3, -0.25) is 0 Å². The summed E-state index contributed by atoms with van der Waals surface area (Å²) in [6.45, 7) is 6.64. The third kappa shape index (κ3) is 1.75. The smallest absolute Gasteiger partial charge is 0.167 e. The summed E-state index contributed by atoms with van der Waals surface area (Å²) in [5.74, 6) is 1.90. The van der Waals surface area contributed by atoms with Crippen molar-refractivity contribution in [3.05, 3.63) is 11.8 Å². The number of hydrogen-bond donors (Lipinski definition) is 1. The lowest BCUT2D eigenvalue weighted by molar-refractivity contribution is 0.266. The molecule has 0 saturated carbocycles. The number of likely N-dealkylation sites (tertiary alicyclic amines) is 1. The van der Waals surface area contributed by atoms with Crippen molar-refractivity contribution in [1.29, 1.82) is 0 Å². The highest BCUT2D eigenvalue weighted by Crippen LogP contribution is 2.28. The van der Waals surface area contributed by atoms with Crippen molar-refractivity contribution in [3.8, 4) is 0 Å². The summed E-state index contributed by atoms with van der Waals surface area (Å²) in [5.41, 5.74) is 5.52. The predicted molar refractivity (Wildman–Crippen MR) is 55.0 cm³/mol. The Morgan fingerprint density at radius 2 is 2.43 bits per heavy atom. The van der Waals surface area contributed by atoms with E-state index >= 15 is 0 Å². The third-order valence-corrected chi connectivity index (χ3v) is 2.90. The molecule has 1 atom stereocenters. The maximum absolute atomic E-state index is 5.52. The molecular weight excluding hydrogens is 178 g/mol. The fraction of sp³-hybridized carbons (Fsp3) is 0.700. The van der Waals surface area contributed by atoms with E-state index in [9.17, 15) is 0 Å². The van der Waals surface area contributed by atoms with Crippen LogP contribution in [0.15, 0.2) is 10.6 Å². The number of nitrogens with two attached hydrogens (primary N) is 1. The minimum atomic E-state index is 0.474. The van der Waals surface area contributed by atoms with Crippen LogP contribution in [0.5, 0.6) is 0 Å². The number of aromatic nitrogens is 1. The van der Waals surface area contributed by atoms with Crippen LogP contribution in [0.2, 0.25) is 0 Å². The van der Waals surface area contributed by atoms with E-state index in [0.29, 0.717) is 17.8 Å². The lowest BCUT2D eigenvalue weighted by Crippen LogP contribution is -2.27. The van der Waals surface area contributed by atoms with Crippen LogP contribution in [0.1, 0.15) is 31.9 Å². The van der Waals surface area contributed by atoms with Crippen LogP contribution in [-0.4, -0.2) is 29.2 Å². The second kappa shape index (κ2) is 3.61. The minimum Gasteiger partial charge on any atom is -0.381 e. The molecule has 78 valence electrons. The van der Waals surface area contributed by atoms with Gasteiger partial charge in [0.2, 0.25) is 0 Å². The SMILES string of the molecule is CC(C)N1CCC(c2cc(N)no2)C1. The Morgan fingerprint density at radius 1 is 1.64 bits per heavy atom. The molecule has 1 unspecified atom stereocenters. The Bertz CT molecular complexity index is 308. The second-order valence-electron chi connectivity index (χ2n) is 4.23. The van der Waals surface area contributed by atoms with Crippen LogP contribution in [-0.2, 0) is 0 Å². The minimum absolute atomic E-state index is 0.474. The average molecular weight is 195 g/mol. The Balaban J connectivity index is 2.02. The first-order valence-corrected chi connectivity index (χ1v) is 5.13. The second-order valence-corrected chi connectivity index (χ2v) is 4.23. The topological polar surface area (TPSA) is 55.3 Å². The summed E-state index contributed by atoms with van der Waals surface area (Å²) in [5, 5.41) is 3.72. The zero-order valence-corrected chi connectivity index (χ0v) is 8.73. The van der Waals surface area contributed by atoms with E-state index in [1.165, 1.54) is 0 Å². The monoisotopic (exact) mass is 195 g/mol. The lowest BCUT2D eigenvalue weighted by atomic mass is 10.1. The molecule has 1 aliphatic heterocycles. The van der Waals surface area contributed by atoms with Gasteiger partial charge in [-0.05, 0) is 26.8 Å². The van der Waals surface area contributed by atoms with Gasteiger partial charge in [-0.25, -0.2) is 0 Å². The van der Waals surface area contributed by atoms with Gasteiger partial charge >= 0.3 is 0 Å². The molecule has 2 heterocycles. The Kier molecular flexibility index (Phi) is 2.46. The summed E-state index contributed by atoms with van der Waals surface area (Å²) in [4.78, 5) is 2.45. The van der Waals surface area contributed by atoms with Gasteiger partial charge in [0.05, 0.1) is 0 Å². The molecule has 1 saturated heterocycles. The maximum atomic E-state index is 5.52. The highest BCUT2D eigenvalue weighted by molar-refractivity contribution is 5.28. The highest BCUT2D eigenvalue weighted by Gasteiger charge is 2.27. The van der Waals surface area contributed by atoms with Crippen LogP contribution < -0.4 is 5.73 Å². The summed E-state index contributed by atoms with van der Waals surface area (Å²) in [6.07, 6.45) is 1.15. The largest absolute Gasteiger partial charge is 0.381 e. The molecule has 1 aromatic heterocycles. The molecule has 0 radical (unpaired) electrons. The van der Waals surface area contributed by atoms with Gasteiger partial charge in [-0.1, -0.05) is 5.16 Å². The quantitative estimate of drug-likeness (QED) is 0.776. The highest BCUT2D eigenvalue weighted by atomic mass is 16.5. The van der Waals surface area contributed by atoms with Crippen LogP contribution in [0.4, 0.5) is 5.82 Å². The third-order valence-electron chi connectivity index (χ3n) is 2.90. The van der Waals surface area contributed by atoms with Crippen molar-refractivity contribution in [1.82, 2.24) is 10.1 Å². The van der Waals surface area contributed by atoms with E-state index in [1.807, 2.05) is 6.07 Å². The lowest BCUT2D eigenvalue weighted by Gasteiger charge is -2.19. The van der Waals surface area contributed by atoms with Gasteiger partial charge in [-0.2, -0.15) is 0 Å². The van der Waals surface area contributed by atoms with Crippen LogP contribution in [0.25, 0.3) is 0 Å². The molecule has 1 fully saturated rings. The van der Waals surface area contributed by atoms with Gasteiger partial charge in [0.1, 0.15) is 5.76 Å². The van der Waals surface area contributed by atoms with Gasteiger partial charge in [0, 0.05) is 24.6 Å². The number of hydrogen-bond acceptors (Lipinski definition) is 4. The standard InChI is InChI=1S/C10H17N3O/c1-7(2)13-4-3-8(6-13)9-5-10(11)12-14-9/h5,7-8H,3-4,6H2,1-2H3,(H2,11,12). The van der Waals surface area contributed by atoms with Gasteiger partial charge in [0.15, 0.2) is 5.82 Å². The molecule has 0 aliphatic carbocycles. The molecule has 2 N–H and O–H groups in total. The number of rotatable bonds is 2. The molecule has 2 rings (SSSR count). The predicted octanol–water partition coefficient (Wildman–Crippen LogP) is 1.45. The van der Waals surface area contributed by atoms with Crippen LogP contribution >= 0.6 is 0 Å². The summed E-state index contributed by atoms with van der Waals surface area (Å²) in [7, 11) is 0. The molecule has 1 aliphatic rings. The van der Waals surface area contributed by atoms with Crippen LogP contribution in [0, 0.1) is 0 Å². The van der Waals surface area contributed by atoms with Crippen molar-refractivity contribution >= 4 is 5.82 Å². The summed E-state index contributed by atoms with van der Waals surface area (Å²) < 4.78 is 5.17. The average Bonchev–Trinajstić information content (AvgIpc) is 2.70. The Hall–Kier alpha value is -1.03. The fourth-order valence-corrected chi connectivity index (χ4v) is 1.98. The first kappa shape index (κ1) is 9.52. The first-order valence-electron chi connectivity index (χ1n) is 5.13. The molecule has 14 heavy (non-hydrogen) atoms. The van der Waals surface area contributed by atoms with Gasteiger partial charge in [-0.15, -0.1) is 0 Å². The normalized spacial score (nSPS) is 23.5. The first-order chi connectivity index (χ1) is 6.66. The van der Waals surface area contributed by atoms with Crippen LogP contribution in [0.3, 0.4) is 0 Å². The van der Waals surface area contributed by atoms with Gasteiger partial charge in [0.25, 0.3) is 0 Å². The number of nitrogen functional groups attached to an aromatic ring is 1. The van der Waals surface area contributed by atoms with E-state index < -0.39 is 0 Å². The van der Waals surface area contributed by atoms with E-state index in [-0.39, 0.29) is 0 Å². The summed E-state index contributed by atoms with van der Waals surface area (Å²) >= 11 is 0. The zero-order valence-electron chi connectivity index (χ0n) is 8.73. The Labute approximate surface area is 84.0 Å². The molecule has 1 aromatic rings. The van der Waals surface area contributed by atoms with E-state index in [1.54, 1.807) is 0 Å². The van der Waals surface area contributed by atoms with E-state index in [2.05, 4.69) is 23.9 Å². The molecule has 0 spiro atoms. The molecule has 0 bridgehead atoms. The molecule has 4 heteroatoms. The van der Waals surface area contributed by atoms with Gasteiger partial charge < -0.3 is 15.2 Å². The molecule has 0 aromatic carbocycles. The van der Waals surface area contributed by atoms with Crippen molar-refractivity contribution in [2.24, 2.45) is 0 Å². The van der Waals surface area contributed by atoms with E-state index in [0.717, 1.165) is 25.3 Å². The molecular formula is C10H17N3O. The summed E-state index contributed by atoms with van der Waals surface area (Å²) in [6, 6.07) is 2.45. The van der Waals surface area contributed by atoms with Crippen molar-refractivity contribution in [3.63, 3.8) is 0 Å². The number of anilines is 1. The maximum Gasteiger partial charge on any atom is 0.167 e. The van der Waals surface area contributed by atoms with Crippen molar-refractivity contribution < 1.29 is 4.52 Å². The fourth-order valence-electron chi connectivity index (χ4n) is 1.98. The number of nitrogens with zero attached hydrogens (tertiary/aromatic N) is 2. The molecule has 4 nitrogen and oxygen atoms in total. The van der Waals surface area contributed by atoms with Crippen molar-refractivity contribution in [2.45, 2.75) is 32.2 Å².